The van der Waals surface area contributed by atoms with Crippen LogP contribution in [0.1, 0.15) is 43.0 Å². The molecule has 1 aliphatic rings. The molecule has 1 aromatic carbocycles. The molecular weight excluding hydrogens is 265 g/mol. The first-order chi connectivity index (χ1) is 10.2. The van der Waals surface area contributed by atoms with Crippen molar-refractivity contribution in [3.8, 4) is 0 Å². The van der Waals surface area contributed by atoms with Crippen LogP contribution in [0, 0.1) is 11.2 Å². The number of aromatic nitrogens is 1. The lowest BCUT2D eigenvalue weighted by molar-refractivity contribution is -0.0457. The van der Waals surface area contributed by atoms with Crippen molar-refractivity contribution in [2.75, 3.05) is 0 Å². The van der Waals surface area contributed by atoms with E-state index < -0.39 is 6.10 Å². The number of halogens is 1. The predicted octanol–water partition coefficient (Wildman–Crippen LogP) is 4.06. The Bertz CT molecular complexity index is 595. The summed E-state index contributed by atoms with van der Waals surface area (Å²) in [6.45, 7) is 0. The third-order valence-corrected chi connectivity index (χ3v) is 4.70. The third kappa shape index (κ3) is 2.98. The van der Waals surface area contributed by atoms with Crippen molar-refractivity contribution < 1.29 is 9.50 Å². The lowest BCUT2D eigenvalue weighted by Crippen LogP contribution is -2.37. The van der Waals surface area contributed by atoms with Crippen molar-refractivity contribution in [1.82, 2.24) is 4.98 Å². The molecule has 1 fully saturated rings. The number of rotatable bonds is 5. The second kappa shape index (κ2) is 5.94. The van der Waals surface area contributed by atoms with Crippen LogP contribution in [0.25, 0.3) is 0 Å². The largest absolute Gasteiger partial charge is 0.386 e. The number of aliphatic hydroxyl groups is 1. The van der Waals surface area contributed by atoms with Crippen LogP contribution in [0.15, 0.2) is 48.7 Å². The van der Waals surface area contributed by atoms with Gasteiger partial charge in [0.05, 0.1) is 5.69 Å². The highest BCUT2D eigenvalue weighted by Gasteiger charge is 2.44. The minimum absolute atomic E-state index is 0.0966. The molecule has 110 valence electrons. The topological polar surface area (TPSA) is 33.1 Å². The highest BCUT2D eigenvalue weighted by atomic mass is 19.1. The molecule has 21 heavy (non-hydrogen) atoms. The molecule has 3 heteroatoms. The number of hydrogen-bond donors (Lipinski definition) is 1. The summed E-state index contributed by atoms with van der Waals surface area (Å²) in [4.78, 5) is 4.29. The van der Waals surface area contributed by atoms with Gasteiger partial charge in [-0.05, 0) is 55.5 Å². The SMILES string of the molecule is OC(c1ccccn1)C1(CCc2cccc(F)c2)CCC1. The van der Waals surface area contributed by atoms with E-state index in [1.807, 2.05) is 24.3 Å². The van der Waals surface area contributed by atoms with Crippen LogP contribution < -0.4 is 0 Å². The van der Waals surface area contributed by atoms with E-state index in [0.717, 1.165) is 43.4 Å². The monoisotopic (exact) mass is 285 g/mol. The number of pyridine rings is 1. The number of benzene rings is 1. The first kappa shape index (κ1) is 14.2. The Balaban J connectivity index is 1.72. The fourth-order valence-electron chi connectivity index (χ4n) is 3.23. The van der Waals surface area contributed by atoms with E-state index in [0.29, 0.717) is 0 Å². The number of aryl methyl sites for hydroxylation is 1. The molecule has 3 rings (SSSR count). The van der Waals surface area contributed by atoms with Gasteiger partial charge in [0.15, 0.2) is 0 Å². The summed E-state index contributed by atoms with van der Waals surface area (Å²) < 4.78 is 13.2. The second-order valence-electron chi connectivity index (χ2n) is 6.00. The molecule has 0 aliphatic heterocycles. The van der Waals surface area contributed by atoms with E-state index in [9.17, 15) is 9.50 Å². The van der Waals surface area contributed by atoms with Gasteiger partial charge in [-0.2, -0.15) is 0 Å². The van der Waals surface area contributed by atoms with E-state index in [1.54, 1.807) is 18.3 Å². The van der Waals surface area contributed by atoms with Gasteiger partial charge >= 0.3 is 0 Å². The molecule has 1 aromatic heterocycles. The summed E-state index contributed by atoms with van der Waals surface area (Å²) in [6, 6.07) is 12.4. The first-order valence-corrected chi connectivity index (χ1v) is 7.53. The molecule has 0 spiro atoms. The third-order valence-electron chi connectivity index (χ3n) is 4.70. The van der Waals surface area contributed by atoms with Crippen molar-refractivity contribution in [2.45, 2.75) is 38.2 Å². The molecule has 0 radical (unpaired) electrons. The van der Waals surface area contributed by atoms with Gasteiger partial charge in [0.25, 0.3) is 0 Å². The summed E-state index contributed by atoms with van der Waals surface area (Å²) >= 11 is 0. The summed E-state index contributed by atoms with van der Waals surface area (Å²) in [5.74, 6) is -0.194. The quantitative estimate of drug-likeness (QED) is 0.898. The molecule has 1 atom stereocenters. The Morgan fingerprint density at radius 1 is 1.19 bits per heavy atom. The zero-order chi connectivity index (χ0) is 14.7. The average molecular weight is 285 g/mol. The Labute approximate surface area is 124 Å². The van der Waals surface area contributed by atoms with E-state index >= 15 is 0 Å². The Hall–Kier alpha value is -1.74. The maximum Gasteiger partial charge on any atom is 0.123 e. The van der Waals surface area contributed by atoms with Crippen LogP contribution in [0.3, 0.4) is 0 Å². The van der Waals surface area contributed by atoms with E-state index in [-0.39, 0.29) is 11.2 Å². The molecule has 1 N–H and O–H groups in total. The molecule has 0 saturated heterocycles. The minimum Gasteiger partial charge on any atom is -0.386 e. The van der Waals surface area contributed by atoms with Crippen molar-refractivity contribution in [2.24, 2.45) is 5.41 Å². The van der Waals surface area contributed by atoms with E-state index in [4.69, 9.17) is 0 Å². The highest BCUT2D eigenvalue weighted by molar-refractivity contribution is 5.18. The molecule has 1 heterocycles. The normalized spacial score (nSPS) is 18.0. The molecule has 1 saturated carbocycles. The summed E-state index contributed by atoms with van der Waals surface area (Å²) in [5.41, 5.74) is 1.65. The van der Waals surface area contributed by atoms with Gasteiger partial charge < -0.3 is 5.11 Å². The van der Waals surface area contributed by atoms with Crippen molar-refractivity contribution in [3.63, 3.8) is 0 Å². The van der Waals surface area contributed by atoms with Crippen LogP contribution in [0.2, 0.25) is 0 Å². The molecule has 2 aromatic rings. The van der Waals surface area contributed by atoms with Crippen LogP contribution in [0.4, 0.5) is 4.39 Å². The predicted molar refractivity (Wildman–Crippen MR) is 80.2 cm³/mol. The minimum atomic E-state index is -0.527. The zero-order valence-electron chi connectivity index (χ0n) is 12.0. The Kier molecular flexibility index (Phi) is 4.02. The fourth-order valence-corrected chi connectivity index (χ4v) is 3.23. The lowest BCUT2D eigenvalue weighted by Gasteiger charge is -2.45. The smallest absolute Gasteiger partial charge is 0.123 e. The van der Waals surface area contributed by atoms with Gasteiger partial charge in [-0.25, -0.2) is 4.39 Å². The Morgan fingerprint density at radius 3 is 2.67 bits per heavy atom. The summed E-state index contributed by atoms with van der Waals surface area (Å²) in [5, 5.41) is 10.7. The molecule has 2 nitrogen and oxygen atoms in total. The number of hydrogen-bond acceptors (Lipinski definition) is 2. The van der Waals surface area contributed by atoms with Gasteiger partial charge in [-0.15, -0.1) is 0 Å². The maximum atomic E-state index is 13.2. The van der Waals surface area contributed by atoms with Crippen molar-refractivity contribution in [3.05, 3.63) is 65.7 Å². The number of nitrogens with zero attached hydrogens (tertiary/aromatic N) is 1. The van der Waals surface area contributed by atoms with Gasteiger partial charge in [-0.3, -0.25) is 4.98 Å². The van der Waals surface area contributed by atoms with Gasteiger partial charge in [0, 0.05) is 11.6 Å². The van der Waals surface area contributed by atoms with Crippen molar-refractivity contribution in [1.29, 1.82) is 0 Å². The number of aliphatic hydroxyl groups excluding tert-OH is 1. The van der Waals surface area contributed by atoms with Crippen LogP contribution >= 0.6 is 0 Å². The second-order valence-corrected chi connectivity index (χ2v) is 6.00. The first-order valence-electron chi connectivity index (χ1n) is 7.53. The molecule has 0 amide bonds. The molecule has 1 aliphatic carbocycles. The standard InChI is InChI=1S/C18H20FNO/c19-15-6-3-5-14(13-15)8-11-18(9-4-10-18)17(21)16-7-1-2-12-20-16/h1-3,5-7,12-13,17,21H,4,8-11H2. The maximum absolute atomic E-state index is 13.2. The summed E-state index contributed by atoms with van der Waals surface area (Å²) in [7, 11) is 0. The van der Waals surface area contributed by atoms with Crippen LogP contribution in [-0.4, -0.2) is 10.1 Å². The molecule has 0 bridgehead atoms. The van der Waals surface area contributed by atoms with Gasteiger partial charge in [0.2, 0.25) is 0 Å². The van der Waals surface area contributed by atoms with Crippen LogP contribution in [0.5, 0.6) is 0 Å². The van der Waals surface area contributed by atoms with Gasteiger partial charge in [-0.1, -0.05) is 24.6 Å². The summed E-state index contributed by atoms with van der Waals surface area (Å²) in [6.07, 6.45) is 6.03. The highest BCUT2D eigenvalue weighted by Crippen LogP contribution is 2.52. The molecular formula is C18H20FNO. The van der Waals surface area contributed by atoms with E-state index in [2.05, 4.69) is 4.98 Å². The van der Waals surface area contributed by atoms with E-state index in [1.165, 1.54) is 6.07 Å². The Morgan fingerprint density at radius 2 is 2.05 bits per heavy atom. The molecule has 1 unspecified atom stereocenters. The van der Waals surface area contributed by atoms with Crippen LogP contribution in [-0.2, 0) is 6.42 Å². The van der Waals surface area contributed by atoms with Crippen molar-refractivity contribution >= 4 is 0 Å². The fraction of sp³-hybridized carbons (Fsp3) is 0.389. The van der Waals surface area contributed by atoms with Gasteiger partial charge in [0.1, 0.15) is 11.9 Å². The average Bonchev–Trinajstić information content (AvgIpc) is 2.47. The zero-order valence-corrected chi connectivity index (χ0v) is 12.0. The lowest BCUT2D eigenvalue weighted by atomic mass is 9.61.